The molecule has 2 heterocycles. The fourth-order valence-electron chi connectivity index (χ4n) is 4.14. The van der Waals surface area contributed by atoms with Crippen molar-refractivity contribution in [3.05, 3.63) is 52.7 Å². The van der Waals surface area contributed by atoms with Crippen molar-refractivity contribution in [3.8, 4) is 0 Å². The van der Waals surface area contributed by atoms with E-state index < -0.39 is 5.97 Å². The lowest BCUT2D eigenvalue weighted by atomic mass is 9.89. The van der Waals surface area contributed by atoms with Gasteiger partial charge in [0.25, 0.3) is 5.91 Å². The summed E-state index contributed by atoms with van der Waals surface area (Å²) in [6, 6.07) is 9.63. The SMILES string of the molecule is CC(NC(=O)COC(=O)c1ccc(N2CCCC2)nn1)c1ccc2c(c1)CCCC2. The molecule has 0 spiro atoms. The third-order valence-electron chi connectivity index (χ3n) is 5.87. The zero-order valence-electron chi connectivity index (χ0n) is 17.4. The van der Waals surface area contributed by atoms with Crippen LogP contribution in [-0.4, -0.2) is 41.8 Å². The molecule has 0 radical (unpaired) electrons. The molecule has 0 saturated carbocycles. The van der Waals surface area contributed by atoms with Crippen LogP contribution in [0.2, 0.25) is 0 Å². The van der Waals surface area contributed by atoms with Crippen LogP contribution in [0.1, 0.15) is 65.8 Å². The number of fused-ring (bicyclic) bond motifs is 1. The summed E-state index contributed by atoms with van der Waals surface area (Å²) in [7, 11) is 0. The highest BCUT2D eigenvalue weighted by Crippen LogP contribution is 2.24. The summed E-state index contributed by atoms with van der Waals surface area (Å²) in [5.74, 6) is -0.220. The topological polar surface area (TPSA) is 84.4 Å². The van der Waals surface area contributed by atoms with E-state index in [9.17, 15) is 9.59 Å². The predicted octanol–water partition coefficient (Wildman–Crippen LogP) is 2.99. The molecule has 1 saturated heterocycles. The average molecular weight is 409 g/mol. The smallest absolute Gasteiger partial charge is 0.359 e. The van der Waals surface area contributed by atoms with E-state index in [-0.39, 0.29) is 24.2 Å². The van der Waals surface area contributed by atoms with Gasteiger partial charge in [-0.2, -0.15) is 0 Å². The number of nitrogens with one attached hydrogen (secondary N) is 1. The minimum atomic E-state index is -0.646. The maximum Gasteiger partial charge on any atom is 0.359 e. The molecule has 1 N–H and O–H groups in total. The number of hydrogen-bond acceptors (Lipinski definition) is 6. The highest BCUT2D eigenvalue weighted by Gasteiger charge is 2.18. The monoisotopic (exact) mass is 408 g/mol. The molecule has 1 atom stereocenters. The Kier molecular flexibility index (Phi) is 6.26. The lowest BCUT2D eigenvalue weighted by Crippen LogP contribution is -2.31. The van der Waals surface area contributed by atoms with Gasteiger partial charge in [0.1, 0.15) is 0 Å². The van der Waals surface area contributed by atoms with Crippen molar-refractivity contribution in [2.75, 3.05) is 24.6 Å². The van der Waals surface area contributed by atoms with Crippen LogP contribution in [0.4, 0.5) is 5.82 Å². The minimum absolute atomic E-state index is 0.105. The van der Waals surface area contributed by atoms with Gasteiger partial charge in [0.05, 0.1) is 6.04 Å². The summed E-state index contributed by atoms with van der Waals surface area (Å²) < 4.78 is 5.12. The molecule has 2 aliphatic rings. The molecule has 7 heteroatoms. The first-order valence-corrected chi connectivity index (χ1v) is 10.8. The quantitative estimate of drug-likeness (QED) is 0.740. The van der Waals surface area contributed by atoms with E-state index in [0.717, 1.165) is 50.2 Å². The Morgan fingerprint density at radius 3 is 2.53 bits per heavy atom. The van der Waals surface area contributed by atoms with Gasteiger partial charge in [-0.3, -0.25) is 4.79 Å². The first-order chi connectivity index (χ1) is 14.6. The van der Waals surface area contributed by atoms with E-state index in [0.29, 0.717) is 0 Å². The number of carbonyl (C=O) groups excluding carboxylic acids is 2. The van der Waals surface area contributed by atoms with Crippen LogP contribution in [0.25, 0.3) is 0 Å². The zero-order chi connectivity index (χ0) is 20.9. The largest absolute Gasteiger partial charge is 0.451 e. The molecule has 1 aromatic heterocycles. The summed E-state index contributed by atoms with van der Waals surface area (Å²) in [5.41, 5.74) is 3.96. The van der Waals surface area contributed by atoms with Crippen LogP contribution in [0.15, 0.2) is 30.3 Å². The molecule has 1 aromatic carbocycles. The van der Waals surface area contributed by atoms with Crippen LogP contribution in [0.5, 0.6) is 0 Å². The second-order valence-corrected chi connectivity index (χ2v) is 8.07. The second kappa shape index (κ2) is 9.24. The number of carbonyl (C=O) groups is 2. The third-order valence-corrected chi connectivity index (χ3v) is 5.87. The fourth-order valence-corrected chi connectivity index (χ4v) is 4.14. The number of nitrogens with zero attached hydrogens (tertiary/aromatic N) is 3. The molecule has 1 amide bonds. The molecular formula is C23H28N4O3. The Labute approximate surface area is 176 Å². The van der Waals surface area contributed by atoms with E-state index in [2.05, 4.69) is 38.6 Å². The van der Waals surface area contributed by atoms with Crippen molar-refractivity contribution in [1.82, 2.24) is 15.5 Å². The van der Waals surface area contributed by atoms with Gasteiger partial charge in [0.15, 0.2) is 18.1 Å². The molecule has 4 rings (SSSR count). The van der Waals surface area contributed by atoms with Crippen LogP contribution in [0.3, 0.4) is 0 Å². The second-order valence-electron chi connectivity index (χ2n) is 8.07. The van der Waals surface area contributed by atoms with Gasteiger partial charge < -0.3 is 15.0 Å². The molecule has 7 nitrogen and oxygen atoms in total. The molecule has 0 bridgehead atoms. The van der Waals surface area contributed by atoms with E-state index in [1.807, 2.05) is 6.92 Å². The van der Waals surface area contributed by atoms with Crippen molar-refractivity contribution in [1.29, 1.82) is 0 Å². The van der Waals surface area contributed by atoms with Crippen LogP contribution >= 0.6 is 0 Å². The summed E-state index contributed by atoms with van der Waals surface area (Å²) >= 11 is 0. The first-order valence-electron chi connectivity index (χ1n) is 10.8. The predicted molar refractivity (Wildman–Crippen MR) is 113 cm³/mol. The fraction of sp³-hybridized carbons (Fsp3) is 0.478. The summed E-state index contributed by atoms with van der Waals surface area (Å²) in [6.45, 7) is 3.51. The summed E-state index contributed by atoms with van der Waals surface area (Å²) in [4.78, 5) is 26.6. The van der Waals surface area contributed by atoms with Crippen molar-refractivity contribution in [2.45, 2.75) is 51.5 Å². The van der Waals surface area contributed by atoms with E-state index in [4.69, 9.17) is 4.74 Å². The average Bonchev–Trinajstić information content (AvgIpc) is 3.32. The Bertz CT molecular complexity index is 907. The van der Waals surface area contributed by atoms with Gasteiger partial charge in [0.2, 0.25) is 0 Å². The van der Waals surface area contributed by atoms with Gasteiger partial charge in [-0.15, -0.1) is 10.2 Å². The number of ether oxygens (including phenoxy) is 1. The zero-order valence-corrected chi connectivity index (χ0v) is 17.4. The number of rotatable bonds is 6. The van der Waals surface area contributed by atoms with E-state index >= 15 is 0 Å². The number of amides is 1. The first kappa shape index (κ1) is 20.3. The Hall–Kier alpha value is -2.96. The van der Waals surface area contributed by atoms with Gasteiger partial charge in [-0.25, -0.2) is 4.79 Å². The Morgan fingerprint density at radius 1 is 1.03 bits per heavy atom. The minimum Gasteiger partial charge on any atom is -0.451 e. The van der Waals surface area contributed by atoms with Crippen molar-refractivity contribution >= 4 is 17.7 Å². The molecule has 30 heavy (non-hydrogen) atoms. The lowest BCUT2D eigenvalue weighted by molar-refractivity contribution is -0.124. The lowest BCUT2D eigenvalue weighted by Gasteiger charge is -2.20. The molecule has 2 aromatic rings. The van der Waals surface area contributed by atoms with Crippen LogP contribution in [-0.2, 0) is 22.4 Å². The Morgan fingerprint density at radius 2 is 1.80 bits per heavy atom. The maximum absolute atomic E-state index is 12.2. The number of esters is 1. The van der Waals surface area contributed by atoms with Gasteiger partial charge in [-0.1, -0.05) is 18.2 Å². The normalized spacial score (nSPS) is 16.6. The molecule has 1 unspecified atom stereocenters. The number of aromatic nitrogens is 2. The molecular weight excluding hydrogens is 380 g/mol. The molecule has 1 aliphatic heterocycles. The van der Waals surface area contributed by atoms with Crippen LogP contribution < -0.4 is 10.2 Å². The van der Waals surface area contributed by atoms with Gasteiger partial charge in [0, 0.05) is 13.1 Å². The molecule has 1 fully saturated rings. The maximum atomic E-state index is 12.2. The van der Waals surface area contributed by atoms with Crippen molar-refractivity contribution in [2.24, 2.45) is 0 Å². The van der Waals surface area contributed by atoms with Crippen LogP contribution in [0, 0.1) is 0 Å². The van der Waals surface area contributed by atoms with Gasteiger partial charge in [-0.05, 0) is 74.3 Å². The van der Waals surface area contributed by atoms with E-state index in [1.54, 1.807) is 12.1 Å². The number of aryl methyl sites for hydroxylation is 2. The number of hydrogen-bond donors (Lipinski definition) is 1. The highest BCUT2D eigenvalue weighted by molar-refractivity contribution is 5.89. The molecule has 1 aliphatic carbocycles. The number of anilines is 1. The Balaban J connectivity index is 1.27. The number of benzene rings is 1. The standard InChI is InChI=1S/C23H28N4O3/c1-16(18-9-8-17-6-2-3-7-19(17)14-18)24-22(28)15-30-23(29)20-10-11-21(26-25-20)27-12-4-5-13-27/h8-11,14,16H,2-7,12-13,15H2,1H3,(H,24,28). The summed E-state index contributed by atoms with van der Waals surface area (Å²) in [6.07, 6.45) is 6.98. The summed E-state index contributed by atoms with van der Waals surface area (Å²) in [5, 5.41) is 11.0. The van der Waals surface area contributed by atoms with Gasteiger partial charge >= 0.3 is 5.97 Å². The molecule has 158 valence electrons. The third kappa shape index (κ3) is 4.78. The van der Waals surface area contributed by atoms with Crippen molar-refractivity contribution < 1.29 is 14.3 Å². The highest BCUT2D eigenvalue weighted by atomic mass is 16.5. The van der Waals surface area contributed by atoms with Crippen molar-refractivity contribution in [3.63, 3.8) is 0 Å². The van der Waals surface area contributed by atoms with E-state index in [1.165, 1.54) is 24.0 Å².